The number of likely N-dealkylation sites (N-methyl/N-ethyl adjacent to an activating group) is 1. The van der Waals surface area contributed by atoms with E-state index in [9.17, 15) is 4.79 Å². The fourth-order valence-electron chi connectivity index (χ4n) is 3.24. The summed E-state index contributed by atoms with van der Waals surface area (Å²) < 4.78 is 0. The van der Waals surface area contributed by atoms with Crippen LogP contribution in [0.1, 0.15) is 18.4 Å². The highest BCUT2D eigenvalue weighted by Crippen LogP contribution is 2.20. The molecule has 2 aromatic carbocycles. The van der Waals surface area contributed by atoms with Crippen LogP contribution < -0.4 is 0 Å². The first-order chi connectivity index (χ1) is 11.1. The van der Waals surface area contributed by atoms with Crippen LogP contribution in [0, 0.1) is 0 Å². The van der Waals surface area contributed by atoms with Crippen LogP contribution in [-0.2, 0) is 4.79 Å². The Balaban J connectivity index is 1.72. The van der Waals surface area contributed by atoms with Crippen molar-refractivity contribution in [1.29, 1.82) is 0 Å². The molecule has 0 atom stereocenters. The highest BCUT2D eigenvalue weighted by Gasteiger charge is 2.22. The van der Waals surface area contributed by atoms with Crippen LogP contribution in [0.2, 0.25) is 0 Å². The molecule has 2 aromatic rings. The van der Waals surface area contributed by atoms with E-state index in [-0.39, 0.29) is 5.91 Å². The number of nitrogens with zero attached hydrogens (tertiary/aromatic N) is 2. The summed E-state index contributed by atoms with van der Waals surface area (Å²) in [5.41, 5.74) is 1.09. The zero-order valence-corrected chi connectivity index (χ0v) is 13.9. The summed E-state index contributed by atoms with van der Waals surface area (Å²) in [5, 5.41) is 2.38. The minimum atomic E-state index is 0.0903. The van der Waals surface area contributed by atoms with E-state index >= 15 is 0 Å². The van der Waals surface area contributed by atoms with Gasteiger partial charge in [0, 0.05) is 19.2 Å². The van der Waals surface area contributed by atoms with Crippen LogP contribution in [-0.4, -0.2) is 48.9 Å². The first kappa shape index (κ1) is 15.8. The van der Waals surface area contributed by atoms with Gasteiger partial charge in [0.15, 0.2) is 0 Å². The van der Waals surface area contributed by atoms with E-state index in [1.807, 2.05) is 36.2 Å². The number of hydrogen-bond acceptors (Lipinski definition) is 2. The predicted octanol–water partition coefficient (Wildman–Crippen LogP) is 3.41. The second kappa shape index (κ2) is 6.97. The van der Waals surface area contributed by atoms with Crippen molar-refractivity contribution in [3.05, 3.63) is 54.1 Å². The number of likely N-dealkylation sites (tertiary alicyclic amines) is 1. The molecule has 0 radical (unpaired) electrons. The van der Waals surface area contributed by atoms with E-state index in [2.05, 4.69) is 36.2 Å². The quantitative estimate of drug-likeness (QED) is 0.811. The van der Waals surface area contributed by atoms with Crippen molar-refractivity contribution in [2.75, 3.05) is 27.2 Å². The van der Waals surface area contributed by atoms with Gasteiger partial charge in [-0.2, -0.15) is 0 Å². The van der Waals surface area contributed by atoms with E-state index in [1.54, 1.807) is 6.08 Å². The molecule has 1 amide bonds. The number of carbonyl (C=O) groups is 1. The summed E-state index contributed by atoms with van der Waals surface area (Å²) in [4.78, 5) is 16.7. The van der Waals surface area contributed by atoms with Crippen LogP contribution in [0.4, 0.5) is 0 Å². The van der Waals surface area contributed by atoms with Crippen molar-refractivity contribution >= 4 is 22.8 Å². The molecule has 3 heteroatoms. The Morgan fingerprint density at radius 2 is 1.83 bits per heavy atom. The van der Waals surface area contributed by atoms with Gasteiger partial charge in [0.2, 0.25) is 5.91 Å². The molecule has 1 aliphatic rings. The van der Waals surface area contributed by atoms with Crippen LogP contribution in [0.5, 0.6) is 0 Å². The van der Waals surface area contributed by atoms with Crippen LogP contribution >= 0.6 is 0 Å². The van der Waals surface area contributed by atoms with Crippen LogP contribution in [0.15, 0.2) is 48.5 Å². The molecule has 120 valence electrons. The molecule has 0 aromatic heterocycles. The number of benzene rings is 2. The number of hydrogen-bond donors (Lipinski definition) is 0. The predicted molar refractivity (Wildman–Crippen MR) is 96.3 cm³/mol. The van der Waals surface area contributed by atoms with Gasteiger partial charge in [0.1, 0.15) is 0 Å². The Morgan fingerprint density at radius 3 is 2.61 bits per heavy atom. The van der Waals surface area contributed by atoms with Crippen molar-refractivity contribution in [2.24, 2.45) is 0 Å². The molecule has 3 rings (SSSR count). The van der Waals surface area contributed by atoms with Gasteiger partial charge in [0.05, 0.1) is 0 Å². The standard InChI is InChI=1S/C20H24N2O/c1-21-14-12-18(13-15-21)22(2)20(23)11-10-17-8-5-7-16-6-3-4-9-19(16)17/h3-11,18H,12-15H2,1-2H3/b11-10+. The zero-order chi connectivity index (χ0) is 16.2. The lowest BCUT2D eigenvalue weighted by molar-refractivity contribution is -0.127. The normalized spacial score (nSPS) is 17.0. The van der Waals surface area contributed by atoms with Crippen molar-refractivity contribution in [2.45, 2.75) is 18.9 Å². The number of fused-ring (bicyclic) bond motifs is 1. The average Bonchev–Trinajstić information content (AvgIpc) is 2.59. The fraction of sp³-hybridized carbons (Fsp3) is 0.350. The molecule has 0 spiro atoms. The Morgan fingerprint density at radius 1 is 1.13 bits per heavy atom. The Hall–Kier alpha value is -2.13. The van der Waals surface area contributed by atoms with Gasteiger partial charge in [-0.15, -0.1) is 0 Å². The topological polar surface area (TPSA) is 23.6 Å². The first-order valence-electron chi connectivity index (χ1n) is 8.26. The minimum absolute atomic E-state index is 0.0903. The molecule has 1 saturated heterocycles. The summed E-state index contributed by atoms with van der Waals surface area (Å²) in [6.07, 6.45) is 5.76. The largest absolute Gasteiger partial charge is 0.339 e. The lowest BCUT2D eigenvalue weighted by Crippen LogP contribution is -2.43. The molecule has 0 unspecified atom stereocenters. The van der Waals surface area contributed by atoms with Crippen molar-refractivity contribution in [3.8, 4) is 0 Å². The highest BCUT2D eigenvalue weighted by molar-refractivity contribution is 5.96. The van der Waals surface area contributed by atoms with E-state index in [0.29, 0.717) is 6.04 Å². The molecular weight excluding hydrogens is 284 g/mol. The van der Waals surface area contributed by atoms with Gasteiger partial charge in [0.25, 0.3) is 0 Å². The number of piperidine rings is 1. The second-order valence-corrected chi connectivity index (χ2v) is 6.39. The molecule has 23 heavy (non-hydrogen) atoms. The van der Waals surface area contributed by atoms with E-state index in [4.69, 9.17) is 0 Å². The van der Waals surface area contributed by atoms with Crippen LogP contribution in [0.3, 0.4) is 0 Å². The van der Waals surface area contributed by atoms with E-state index < -0.39 is 0 Å². The first-order valence-corrected chi connectivity index (χ1v) is 8.26. The monoisotopic (exact) mass is 308 g/mol. The van der Waals surface area contributed by atoms with Crippen LogP contribution in [0.25, 0.3) is 16.8 Å². The molecule has 1 fully saturated rings. The maximum Gasteiger partial charge on any atom is 0.246 e. The number of amides is 1. The molecular formula is C20H24N2O. The summed E-state index contributed by atoms with van der Waals surface area (Å²) >= 11 is 0. The van der Waals surface area contributed by atoms with E-state index in [1.165, 1.54) is 10.8 Å². The summed E-state index contributed by atoms with van der Waals surface area (Å²) in [6, 6.07) is 14.8. The fourth-order valence-corrected chi connectivity index (χ4v) is 3.24. The number of rotatable bonds is 3. The lowest BCUT2D eigenvalue weighted by Gasteiger charge is -2.34. The summed E-state index contributed by atoms with van der Waals surface area (Å²) in [6.45, 7) is 2.13. The lowest BCUT2D eigenvalue weighted by atomic mass is 10.0. The van der Waals surface area contributed by atoms with Gasteiger partial charge in [-0.05, 0) is 55.4 Å². The smallest absolute Gasteiger partial charge is 0.246 e. The third-order valence-corrected chi connectivity index (χ3v) is 4.81. The molecule has 3 nitrogen and oxygen atoms in total. The zero-order valence-electron chi connectivity index (χ0n) is 13.9. The summed E-state index contributed by atoms with van der Waals surface area (Å²) in [5.74, 6) is 0.0903. The molecule has 1 aliphatic heterocycles. The Kier molecular flexibility index (Phi) is 4.77. The van der Waals surface area contributed by atoms with Gasteiger partial charge in [-0.1, -0.05) is 42.5 Å². The second-order valence-electron chi connectivity index (χ2n) is 6.39. The third-order valence-electron chi connectivity index (χ3n) is 4.81. The maximum absolute atomic E-state index is 12.5. The Bertz CT molecular complexity index is 709. The summed E-state index contributed by atoms with van der Waals surface area (Å²) in [7, 11) is 4.06. The third kappa shape index (κ3) is 3.62. The van der Waals surface area contributed by atoms with E-state index in [0.717, 1.165) is 31.5 Å². The van der Waals surface area contributed by atoms with Gasteiger partial charge < -0.3 is 9.80 Å². The molecule has 0 N–H and O–H groups in total. The van der Waals surface area contributed by atoms with Gasteiger partial charge in [-0.3, -0.25) is 4.79 Å². The van der Waals surface area contributed by atoms with Crippen molar-refractivity contribution in [3.63, 3.8) is 0 Å². The molecule has 0 saturated carbocycles. The maximum atomic E-state index is 12.5. The Labute approximate surface area is 138 Å². The average molecular weight is 308 g/mol. The van der Waals surface area contributed by atoms with Crippen molar-refractivity contribution < 1.29 is 4.79 Å². The van der Waals surface area contributed by atoms with Gasteiger partial charge >= 0.3 is 0 Å². The van der Waals surface area contributed by atoms with Gasteiger partial charge in [-0.25, -0.2) is 0 Å². The van der Waals surface area contributed by atoms with Crippen molar-refractivity contribution in [1.82, 2.24) is 9.80 Å². The minimum Gasteiger partial charge on any atom is -0.339 e. The molecule has 0 aliphatic carbocycles. The molecule has 0 bridgehead atoms. The molecule has 1 heterocycles. The number of carbonyl (C=O) groups excluding carboxylic acids is 1. The highest BCUT2D eigenvalue weighted by atomic mass is 16.2. The SMILES string of the molecule is CN1CCC(N(C)C(=O)/C=C/c2cccc3ccccc23)CC1.